The van der Waals surface area contributed by atoms with Crippen LogP contribution in [0.2, 0.25) is 0 Å². The molecule has 0 spiro atoms. The number of carboxylic acids is 1. The van der Waals surface area contributed by atoms with E-state index in [-0.39, 0.29) is 17.7 Å². The van der Waals surface area contributed by atoms with E-state index < -0.39 is 5.97 Å². The quantitative estimate of drug-likeness (QED) is 0.845. The third-order valence-corrected chi connectivity index (χ3v) is 3.63. The van der Waals surface area contributed by atoms with Crippen LogP contribution in [0.3, 0.4) is 0 Å². The first-order valence-electron chi connectivity index (χ1n) is 6.59. The fourth-order valence-corrected chi connectivity index (χ4v) is 2.41. The Balaban J connectivity index is 1.81. The lowest BCUT2D eigenvalue weighted by Crippen LogP contribution is -2.29. The Labute approximate surface area is 117 Å². The first-order chi connectivity index (χ1) is 9.60. The number of ether oxygens (including phenoxy) is 1. The van der Waals surface area contributed by atoms with Crippen LogP contribution in [0.1, 0.15) is 24.8 Å². The normalized spacial score (nSPS) is 21.4. The molecule has 1 amide bonds. The molecule has 1 saturated carbocycles. The van der Waals surface area contributed by atoms with Crippen LogP contribution >= 0.6 is 0 Å². The molecule has 6 heteroatoms. The second-order valence-corrected chi connectivity index (χ2v) is 4.97. The second kappa shape index (κ2) is 6.36. The average molecular weight is 278 g/mol. The fraction of sp³-hybridized carbons (Fsp3) is 0.500. The van der Waals surface area contributed by atoms with Crippen molar-refractivity contribution in [3.63, 3.8) is 0 Å². The number of nitrogens with one attached hydrogen (secondary N) is 1. The molecule has 1 fully saturated rings. The largest absolute Gasteiger partial charge is 0.481 e. The van der Waals surface area contributed by atoms with Crippen molar-refractivity contribution < 1.29 is 19.4 Å². The Bertz CT molecular complexity index is 486. The molecule has 1 heterocycles. The molecular weight excluding hydrogens is 260 g/mol. The van der Waals surface area contributed by atoms with Crippen LogP contribution in [0.4, 0.5) is 0 Å². The van der Waals surface area contributed by atoms with Gasteiger partial charge < -0.3 is 15.2 Å². The first kappa shape index (κ1) is 14.3. The maximum atomic E-state index is 12.0. The molecule has 2 atom stereocenters. The summed E-state index contributed by atoms with van der Waals surface area (Å²) < 4.78 is 4.96. The van der Waals surface area contributed by atoms with Crippen molar-refractivity contribution in [1.82, 2.24) is 10.3 Å². The highest BCUT2D eigenvalue weighted by molar-refractivity contribution is 5.80. The molecule has 108 valence electrons. The van der Waals surface area contributed by atoms with Gasteiger partial charge in [0.1, 0.15) is 0 Å². The number of aliphatic carboxylic acids is 1. The molecule has 0 bridgehead atoms. The number of carbonyl (C=O) groups excluding carboxylic acids is 1. The van der Waals surface area contributed by atoms with Crippen LogP contribution in [0.15, 0.2) is 18.3 Å². The molecule has 0 radical (unpaired) electrons. The van der Waals surface area contributed by atoms with Crippen molar-refractivity contribution in [2.75, 3.05) is 7.11 Å². The molecule has 0 unspecified atom stereocenters. The van der Waals surface area contributed by atoms with E-state index in [9.17, 15) is 9.59 Å². The standard InChI is InChI=1S/C14H18N2O4/c1-20-12-5-2-9(7-15-12)8-16-13(17)10-3-4-11(6-10)14(18)19/h2,5,7,10-11H,3-4,6,8H2,1H3,(H,16,17)(H,18,19)/t10-,11+/m1/s1. The molecule has 2 rings (SSSR count). The van der Waals surface area contributed by atoms with E-state index in [1.165, 1.54) is 0 Å². The van der Waals surface area contributed by atoms with E-state index in [0.29, 0.717) is 31.7 Å². The van der Waals surface area contributed by atoms with E-state index in [2.05, 4.69) is 10.3 Å². The summed E-state index contributed by atoms with van der Waals surface area (Å²) in [5.41, 5.74) is 0.881. The van der Waals surface area contributed by atoms with E-state index in [0.717, 1.165) is 5.56 Å². The molecule has 0 aliphatic heterocycles. The summed E-state index contributed by atoms with van der Waals surface area (Å²) in [7, 11) is 1.54. The number of aromatic nitrogens is 1. The summed E-state index contributed by atoms with van der Waals surface area (Å²) in [6.07, 6.45) is 3.30. The van der Waals surface area contributed by atoms with Gasteiger partial charge in [0, 0.05) is 24.7 Å². The fourth-order valence-electron chi connectivity index (χ4n) is 2.41. The van der Waals surface area contributed by atoms with Crippen LogP contribution in [0.5, 0.6) is 5.88 Å². The third-order valence-electron chi connectivity index (χ3n) is 3.63. The van der Waals surface area contributed by atoms with Gasteiger partial charge in [0.25, 0.3) is 0 Å². The summed E-state index contributed by atoms with van der Waals surface area (Å²) in [6.45, 7) is 0.393. The summed E-state index contributed by atoms with van der Waals surface area (Å²) in [5, 5.41) is 11.7. The number of pyridine rings is 1. The van der Waals surface area contributed by atoms with Gasteiger partial charge in [-0.3, -0.25) is 9.59 Å². The van der Waals surface area contributed by atoms with Crippen LogP contribution in [-0.4, -0.2) is 29.1 Å². The monoisotopic (exact) mass is 278 g/mol. The van der Waals surface area contributed by atoms with Gasteiger partial charge in [-0.15, -0.1) is 0 Å². The van der Waals surface area contributed by atoms with Gasteiger partial charge in [-0.05, 0) is 24.8 Å². The lowest BCUT2D eigenvalue weighted by Gasteiger charge is -2.10. The van der Waals surface area contributed by atoms with E-state index in [1.807, 2.05) is 6.07 Å². The first-order valence-corrected chi connectivity index (χ1v) is 6.59. The topological polar surface area (TPSA) is 88.5 Å². The summed E-state index contributed by atoms with van der Waals surface area (Å²) >= 11 is 0. The molecule has 1 aliphatic rings. The number of amides is 1. The predicted octanol–water partition coefficient (Wildman–Crippen LogP) is 1.21. The SMILES string of the molecule is COc1ccc(CNC(=O)[C@@H]2CC[C@H](C(=O)O)C2)cn1. The number of rotatable bonds is 5. The molecular formula is C14H18N2O4. The maximum absolute atomic E-state index is 12.0. The van der Waals surface area contributed by atoms with Gasteiger partial charge in [0.05, 0.1) is 13.0 Å². The Morgan fingerprint density at radius 2 is 2.15 bits per heavy atom. The van der Waals surface area contributed by atoms with Gasteiger partial charge in [-0.2, -0.15) is 0 Å². The van der Waals surface area contributed by atoms with Gasteiger partial charge in [-0.1, -0.05) is 6.07 Å². The van der Waals surface area contributed by atoms with Crippen molar-refractivity contribution in [2.24, 2.45) is 11.8 Å². The maximum Gasteiger partial charge on any atom is 0.306 e. The second-order valence-electron chi connectivity index (χ2n) is 4.97. The number of nitrogens with zero attached hydrogens (tertiary/aromatic N) is 1. The molecule has 2 N–H and O–H groups in total. The number of carbonyl (C=O) groups is 2. The smallest absolute Gasteiger partial charge is 0.306 e. The zero-order valence-corrected chi connectivity index (χ0v) is 11.3. The van der Waals surface area contributed by atoms with Crippen molar-refractivity contribution in [2.45, 2.75) is 25.8 Å². The zero-order valence-electron chi connectivity index (χ0n) is 11.3. The molecule has 1 aliphatic carbocycles. The summed E-state index contributed by atoms with van der Waals surface area (Å²) in [6, 6.07) is 3.57. The van der Waals surface area contributed by atoms with E-state index >= 15 is 0 Å². The molecule has 1 aromatic heterocycles. The zero-order chi connectivity index (χ0) is 14.5. The molecule has 20 heavy (non-hydrogen) atoms. The van der Waals surface area contributed by atoms with Gasteiger partial charge in [-0.25, -0.2) is 4.98 Å². The number of hydrogen-bond acceptors (Lipinski definition) is 4. The summed E-state index contributed by atoms with van der Waals surface area (Å²) in [5.74, 6) is -0.930. The highest BCUT2D eigenvalue weighted by Gasteiger charge is 2.33. The Morgan fingerprint density at radius 1 is 1.40 bits per heavy atom. The highest BCUT2D eigenvalue weighted by Crippen LogP contribution is 2.31. The number of hydrogen-bond donors (Lipinski definition) is 2. The molecule has 1 aromatic rings. The lowest BCUT2D eigenvalue weighted by atomic mass is 10.0. The van der Waals surface area contributed by atoms with Crippen molar-refractivity contribution in [1.29, 1.82) is 0 Å². The van der Waals surface area contributed by atoms with E-state index in [1.54, 1.807) is 19.4 Å². The summed E-state index contributed by atoms with van der Waals surface area (Å²) in [4.78, 5) is 26.9. The minimum absolute atomic E-state index is 0.0791. The van der Waals surface area contributed by atoms with E-state index in [4.69, 9.17) is 9.84 Å². The van der Waals surface area contributed by atoms with Gasteiger partial charge in [0.15, 0.2) is 0 Å². The van der Waals surface area contributed by atoms with Crippen LogP contribution < -0.4 is 10.1 Å². The minimum Gasteiger partial charge on any atom is -0.481 e. The van der Waals surface area contributed by atoms with Crippen LogP contribution in [-0.2, 0) is 16.1 Å². The number of carboxylic acid groups (broad SMARTS) is 1. The van der Waals surface area contributed by atoms with Crippen molar-refractivity contribution in [3.8, 4) is 5.88 Å². The van der Waals surface area contributed by atoms with Gasteiger partial charge in [0.2, 0.25) is 11.8 Å². The molecule has 6 nitrogen and oxygen atoms in total. The lowest BCUT2D eigenvalue weighted by molar-refractivity contribution is -0.141. The van der Waals surface area contributed by atoms with Crippen LogP contribution in [0.25, 0.3) is 0 Å². The Hall–Kier alpha value is -2.11. The van der Waals surface area contributed by atoms with Crippen molar-refractivity contribution >= 4 is 11.9 Å². The van der Waals surface area contributed by atoms with Gasteiger partial charge >= 0.3 is 5.97 Å². The predicted molar refractivity (Wildman–Crippen MR) is 71.1 cm³/mol. The molecule has 0 saturated heterocycles. The minimum atomic E-state index is -0.806. The van der Waals surface area contributed by atoms with Crippen LogP contribution in [0, 0.1) is 11.8 Å². The Kier molecular flexibility index (Phi) is 4.55. The Morgan fingerprint density at radius 3 is 2.70 bits per heavy atom. The highest BCUT2D eigenvalue weighted by atomic mass is 16.5. The number of methoxy groups -OCH3 is 1. The average Bonchev–Trinajstić information content (AvgIpc) is 2.95. The third kappa shape index (κ3) is 3.46. The molecule has 0 aromatic carbocycles. The van der Waals surface area contributed by atoms with Crippen molar-refractivity contribution in [3.05, 3.63) is 23.9 Å².